The maximum absolute atomic E-state index is 11.0. The fourth-order valence-electron chi connectivity index (χ4n) is 1.20. The molecule has 0 spiro atoms. The first-order valence-electron chi connectivity index (χ1n) is 7.65. The zero-order chi connectivity index (χ0) is 19.9. The van der Waals surface area contributed by atoms with Crippen molar-refractivity contribution < 1.29 is 32.5 Å². The Kier molecular flexibility index (Phi) is 19.6. The quantitative estimate of drug-likeness (QED) is 0.757. The predicted molar refractivity (Wildman–Crippen MR) is 105 cm³/mol. The van der Waals surface area contributed by atoms with Crippen LogP contribution in [0.2, 0.25) is 0 Å². The van der Waals surface area contributed by atoms with Crippen molar-refractivity contribution in [2.24, 2.45) is 0 Å². The molecule has 0 aliphatic heterocycles. The summed E-state index contributed by atoms with van der Waals surface area (Å²) in [6.07, 6.45) is 1.39. The van der Waals surface area contributed by atoms with Crippen molar-refractivity contribution in [1.29, 1.82) is 0 Å². The summed E-state index contributed by atoms with van der Waals surface area (Å²) in [5, 5.41) is 8.21. The molecule has 0 heterocycles. The molecule has 0 unspecified atom stereocenters. The van der Waals surface area contributed by atoms with Gasteiger partial charge in [-0.2, -0.15) is 0 Å². The normalized spacial score (nSPS) is 12.3. The van der Waals surface area contributed by atoms with Gasteiger partial charge in [0.25, 0.3) is 0 Å². The van der Waals surface area contributed by atoms with Crippen molar-refractivity contribution >= 4 is 9.84 Å². The Balaban J connectivity index is -0.000000327. The third kappa shape index (κ3) is 16.3. The van der Waals surface area contributed by atoms with E-state index in [1.807, 2.05) is 6.92 Å². The summed E-state index contributed by atoms with van der Waals surface area (Å²) in [6.45, 7) is 4.55. The maximum Gasteiger partial charge on any atom is 0.175 e. The lowest BCUT2D eigenvalue weighted by molar-refractivity contribution is 0.0401. The molecular weight excluding hydrogens is 360 g/mol. The first kappa shape index (κ1) is 29.6. The molecule has 156 valence electrons. The number of benzene rings is 1. The van der Waals surface area contributed by atoms with Gasteiger partial charge in [-0.3, -0.25) is 0 Å². The van der Waals surface area contributed by atoms with Gasteiger partial charge in [-0.15, -0.1) is 0 Å². The molecule has 1 aromatic carbocycles. The summed E-state index contributed by atoms with van der Waals surface area (Å²) in [5.74, 6) is 0.655. The smallest absolute Gasteiger partial charge is 0.175 e. The first-order chi connectivity index (χ1) is 11.7. The number of methoxy groups -OCH3 is 4. The summed E-state index contributed by atoms with van der Waals surface area (Å²) in [6, 6.07) is 6.29. The summed E-state index contributed by atoms with van der Waals surface area (Å²) < 4.78 is 41.2. The molecule has 0 aliphatic carbocycles. The van der Waals surface area contributed by atoms with E-state index < -0.39 is 9.84 Å². The Hall–Kier alpha value is -1.19. The summed E-state index contributed by atoms with van der Waals surface area (Å²) in [7, 11) is 3.36. The van der Waals surface area contributed by atoms with E-state index >= 15 is 0 Å². The lowest BCUT2D eigenvalue weighted by atomic mass is 10.3. The Bertz CT molecular complexity index is 511. The molecular formula is C18H36O7S. The highest BCUT2D eigenvalue weighted by Crippen LogP contribution is 2.14. The molecule has 0 fully saturated rings. The fraction of sp³-hybridized carbons (Fsp3) is 0.667. The van der Waals surface area contributed by atoms with E-state index in [2.05, 4.69) is 4.74 Å². The number of ether oxygens (including phenoxy) is 4. The molecule has 1 aromatic rings. The van der Waals surface area contributed by atoms with E-state index in [1.165, 1.54) is 25.5 Å². The van der Waals surface area contributed by atoms with Gasteiger partial charge in [-0.25, -0.2) is 8.42 Å². The second-order valence-electron chi connectivity index (χ2n) is 5.18. The van der Waals surface area contributed by atoms with Gasteiger partial charge in [0.2, 0.25) is 0 Å². The van der Waals surface area contributed by atoms with Crippen LogP contribution in [0.4, 0.5) is 0 Å². The molecule has 2 atom stereocenters. The third-order valence-corrected chi connectivity index (χ3v) is 4.08. The van der Waals surface area contributed by atoms with Gasteiger partial charge in [0, 0.05) is 27.6 Å². The number of hydrogen-bond acceptors (Lipinski definition) is 7. The zero-order valence-corrected chi connectivity index (χ0v) is 17.0. The van der Waals surface area contributed by atoms with Crippen LogP contribution in [0, 0.1) is 0 Å². The zero-order valence-electron chi connectivity index (χ0n) is 16.2. The van der Waals surface area contributed by atoms with Gasteiger partial charge in [0.1, 0.15) is 5.75 Å². The Labute approximate surface area is 159 Å². The highest BCUT2D eigenvalue weighted by atomic mass is 32.2. The number of aliphatic hydroxyl groups excluding tert-OH is 1. The van der Waals surface area contributed by atoms with E-state index in [0.29, 0.717) is 17.3 Å². The number of aliphatic hydroxyl groups is 1. The average Bonchev–Trinajstić information content (AvgIpc) is 2.61. The topological polar surface area (TPSA) is 91.3 Å². The lowest BCUT2D eigenvalue weighted by Crippen LogP contribution is -2.11. The second-order valence-corrected chi connectivity index (χ2v) is 7.19. The van der Waals surface area contributed by atoms with Crippen molar-refractivity contribution in [2.45, 2.75) is 38.4 Å². The van der Waals surface area contributed by atoms with Crippen LogP contribution in [0.25, 0.3) is 0 Å². The standard InChI is InChI=1S/C8H10O3S.C5H12O2.C4H10O2.CH4/c1-11-7-3-5-8(6-4-7)12(2,9)10;1-5(7-3)4-6-2;1-4(3-5)6-2;/h3-6H,1-2H3;5H,4H2,1-3H3;4-5H,3H2,1-2H3;1H4/t;5-;4-;/m.11./s1. The Morgan fingerprint density at radius 2 is 1.42 bits per heavy atom. The molecule has 0 amide bonds. The van der Waals surface area contributed by atoms with Crippen LogP contribution < -0.4 is 4.74 Å². The number of sulfone groups is 1. The lowest BCUT2D eigenvalue weighted by Gasteiger charge is -2.05. The largest absolute Gasteiger partial charge is 0.497 e. The first-order valence-corrected chi connectivity index (χ1v) is 9.54. The summed E-state index contributed by atoms with van der Waals surface area (Å²) in [4.78, 5) is 0.309. The van der Waals surface area contributed by atoms with Gasteiger partial charge in [-0.05, 0) is 38.1 Å². The van der Waals surface area contributed by atoms with Crippen LogP contribution in [0.3, 0.4) is 0 Å². The van der Waals surface area contributed by atoms with Crippen molar-refractivity contribution in [1.82, 2.24) is 0 Å². The highest BCUT2D eigenvalue weighted by molar-refractivity contribution is 7.90. The predicted octanol–water partition coefficient (Wildman–Crippen LogP) is 2.42. The van der Waals surface area contributed by atoms with E-state index in [0.717, 1.165) is 0 Å². The van der Waals surface area contributed by atoms with E-state index in [1.54, 1.807) is 40.4 Å². The van der Waals surface area contributed by atoms with E-state index in [-0.39, 0.29) is 26.2 Å². The Morgan fingerprint density at radius 1 is 0.962 bits per heavy atom. The van der Waals surface area contributed by atoms with Gasteiger partial charge >= 0.3 is 0 Å². The molecule has 0 aliphatic rings. The second kappa shape index (κ2) is 17.2. The monoisotopic (exact) mass is 396 g/mol. The molecule has 7 nitrogen and oxygen atoms in total. The van der Waals surface area contributed by atoms with Crippen molar-refractivity contribution in [3.8, 4) is 5.75 Å². The molecule has 0 bridgehead atoms. The van der Waals surface area contributed by atoms with Crippen molar-refractivity contribution in [3.05, 3.63) is 24.3 Å². The molecule has 1 rings (SSSR count). The SMILES string of the molecule is C.COC[C@@H](C)OC.CO[C@H](C)CO.COc1ccc(S(C)(=O)=O)cc1. The Morgan fingerprint density at radius 3 is 1.62 bits per heavy atom. The molecule has 1 N–H and O–H groups in total. The highest BCUT2D eigenvalue weighted by Gasteiger charge is 2.05. The van der Waals surface area contributed by atoms with Gasteiger partial charge in [0.05, 0.1) is 37.4 Å². The average molecular weight is 397 g/mol. The molecule has 26 heavy (non-hydrogen) atoms. The van der Waals surface area contributed by atoms with Crippen molar-refractivity contribution in [2.75, 3.05) is 47.9 Å². The molecule has 0 saturated carbocycles. The van der Waals surface area contributed by atoms with Crippen LogP contribution >= 0.6 is 0 Å². The van der Waals surface area contributed by atoms with Crippen LogP contribution in [-0.2, 0) is 24.0 Å². The number of rotatable bonds is 7. The summed E-state index contributed by atoms with van der Waals surface area (Å²) in [5.41, 5.74) is 0. The summed E-state index contributed by atoms with van der Waals surface area (Å²) >= 11 is 0. The molecule has 0 radical (unpaired) electrons. The maximum atomic E-state index is 11.0. The van der Waals surface area contributed by atoms with Crippen LogP contribution in [0.15, 0.2) is 29.2 Å². The van der Waals surface area contributed by atoms with Crippen LogP contribution in [-0.4, -0.2) is 73.6 Å². The molecule has 8 heteroatoms. The van der Waals surface area contributed by atoms with Gasteiger partial charge in [-0.1, -0.05) is 7.43 Å². The van der Waals surface area contributed by atoms with E-state index in [4.69, 9.17) is 19.3 Å². The third-order valence-electron chi connectivity index (χ3n) is 2.95. The van der Waals surface area contributed by atoms with Crippen molar-refractivity contribution in [3.63, 3.8) is 0 Å². The fourth-order valence-corrected chi connectivity index (χ4v) is 1.83. The van der Waals surface area contributed by atoms with Crippen LogP contribution in [0.1, 0.15) is 21.3 Å². The molecule has 0 saturated heterocycles. The minimum absolute atomic E-state index is 0. The minimum atomic E-state index is -3.08. The van der Waals surface area contributed by atoms with Crippen LogP contribution in [0.5, 0.6) is 5.75 Å². The van der Waals surface area contributed by atoms with Gasteiger partial charge in [0.15, 0.2) is 9.84 Å². The minimum Gasteiger partial charge on any atom is -0.497 e. The van der Waals surface area contributed by atoms with Gasteiger partial charge < -0.3 is 24.1 Å². The molecule has 0 aromatic heterocycles. The van der Waals surface area contributed by atoms with E-state index in [9.17, 15) is 8.42 Å². The number of hydrogen-bond donors (Lipinski definition) is 1.